The number of aryl methyl sites for hydroxylation is 1. The molecule has 3 aliphatic rings. The summed E-state index contributed by atoms with van der Waals surface area (Å²) in [5.41, 5.74) is 3.17. The SMILES string of the molecule is Cc1ccc(C(c2nnnn2C2CCCC2)N2CCCC3(CCCCC3)C2)cc1. The number of rotatable bonds is 4. The Morgan fingerprint density at radius 1 is 0.931 bits per heavy atom. The number of nitrogens with zero attached hydrogens (tertiary/aromatic N) is 5. The van der Waals surface area contributed by atoms with Gasteiger partial charge in [-0.1, -0.05) is 61.9 Å². The summed E-state index contributed by atoms with van der Waals surface area (Å²) in [6, 6.07) is 9.73. The molecule has 1 aromatic carbocycles. The summed E-state index contributed by atoms with van der Waals surface area (Å²) in [5, 5.41) is 13.3. The average Bonchev–Trinajstić information content (AvgIpc) is 3.42. The van der Waals surface area contributed by atoms with Crippen molar-refractivity contribution in [2.24, 2.45) is 5.41 Å². The standard InChI is InChI=1S/C24H35N5/c1-19-10-12-20(13-11-19)22(23-25-26-27-29(23)21-8-3-4-9-21)28-17-7-16-24(18-28)14-5-2-6-15-24/h10-13,21-22H,2-9,14-18H2,1H3. The van der Waals surface area contributed by atoms with Crippen LogP contribution in [0.25, 0.3) is 0 Å². The predicted octanol–water partition coefficient (Wildman–Crippen LogP) is 5.23. The largest absolute Gasteiger partial charge is 0.289 e. The quantitative estimate of drug-likeness (QED) is 0.713. The molecular weight excluding hydrogens is 358 g/mol. The van der Waals surface area contributed by atoms with E-state index in [0.29, 0.717) is 11.5 Å². The van der Waals surface area contributed by atoms with Crippen molar-refractivity contribution >= 4 is 0 Å². The smallest absolute Gasteiger partial charge is 0.173 e. The van der Waals surface area contributed by atoms with E-state index < -0.39 is 0 Å². The Morgan fingerprint density at radius 2 is 1.66 bits per heavy atom. The van der Waals surface area contributed by atoms with E-state index in [-0.39, 0.29) is 6.04 Å². The van der Waals surface area contributed by atoms with Crippen LogP contribution in [0.15, 0.2) is 24.3 Å². The molecule has 5 nitrogen and oxygen atoms in total. The van der Waals surface area contributed by atoms with Crippen molar-refractivity contribution in [2.45, 2.75) is 89.6 Å². The zero-order valence-electron chi connectivity index (χ0n) is 17.9. The van der Waals surface area contributed by atoms with Gasteiger partial charge in [0, 0.05) is 6.54 Å². The highest BCUT2D eigenvalue weighted by Gasteiger charge is 2.40. The maximum atomic E-state index is 4.63. The Bertz CT molecular complexity index is 793. The van der Waals surface area contributed by atoms with E-state index in [1.54, 1.807) is 0 Å². The minimum atomic E-state index is 0.172. The Balaban J connectivity index is 1.51. The summed E-state index contributed by atoms with van der Waals surface area (Å²) in [6.07, 6.45) is 14.7. The number of tetrazole rings is 1. The number of hydrogen-bond donors (Lipinski definition) is 0. The lowest BCUT2D eigenvalue weighted by Crippen LogP contribution is -2.46. The van der Waals surface area contributed by atoms with Gasteiger partial charge in [-0.2, -0.15) is 0 Å². The fraction of sp³-hybridized carbons (Fsp3) is 0.708. The summed E-state index contributed by atoms with van der Waals surface area (Å²) in [7, 11) is 0. The maximum absolute atomic E-state index is 4.63. The van der Waals surface area contributed by atoms with Crippen molar-refractivity contribution in [1.82, 2.24) is 25.1 Å². The van der Waals surface area contributed by atoms with Crippen molar-refractivity contribution in [2.75, 3.05) is 13.1 Å². The minimum absolute atomic E-state index is 0.172. The normalized spacial score (nSPS) is 24.2. The van der Waals surface area contributed by atoms with Gasteiger partial charge in [0.05, 0.1) is 12.1 Å². The third-order valence-electron chi connectivity index (χ3n) is 7.80. The molecule has 0 radical (unpaired) electrons. The van der Waals surface area contributed by atoms with Crippen LogP contribution < -0.4 is 0 Å². The van der Waals surface area contributed by atoms with Gasteiger partial charge in [0.15, 0.2) is 5.82 Å². The van der Waals surface area contributed by atoms with Gasteiger partial charge in [-0.05, 0) is 73.4 Å². The van der Waals surface area contributed by atoms with Crippen LogP contribution in [0.3, 0.4) is 0 Å². The van der Waals surface area contributed by atoms with Crippen LogP contribution in [0.4, 0.5) is 0 Å². The molecule has 2 aliphatic carbocycles. The van der Waals surface area contributed by atoms with Crippen LogP contribution in [0.1, 0.15) is 99.7 Å². The van der Waals surface area contributed by atoms with E-state index in [9.17, 15) is 0 Å². The second kappa shape index (κ2) is 8.17. The number of likely N-dealkylation sites (tertiary alicyclic amines) is 1. The highest BCUT2D eigenvalue weighted by molar-refractivity contribution is 5.28. The van der Waals surface area contributed by atoms with E-state index >= 15 is 0 Å². The first-order valence-corrected chi connectivity index (χ1v) is 11.8. The molecule has 2 heterocycles. The topological polar surface area (TPSA) is 46.8 Å². The summed E-state index contributed by atoms with van der Waals surface area (Å²) < 4.78 is 2.18. The third kappa shape index (κ3) is 3.86. The van der Waals surface area contributed by atoms with E-state index in [1.165, 1.54) is 88.3 Å². The van der Waals surface area contributed by atoms with Crippen LogP contribution in [0, 0.1) is 12.3 Å². The average molecular weight is 394 g/mol. The molecule has 29 heavy (non-hydrogen) atoms. The fourth-order valence-corrected chi connectivity index (χ4v) is 6.24. The Hall–Kier alpha value is -1.75. The van der Waals surface area contributed by atoms with Crippen LogP contribution in [-0.4, -0.2) is 38.2 Å². The van der Waals surface area contributed by atoms with Crippen LogP contribution >= 0.6 is 0 Å². The molecule has 1 spiro atoms. The molecule has 2 aromatic rings. The zero-order chi connectivity index (χ0) is 19.7. The van der Waals surface area contributed by atoms with Crippen molar-refractivity contribution in [3.63, 3.8) is 0 Å². The van der Waals surface area contributed by atoms with Gasteiger partial charge in [0.25, 0.3) is 0 Å². The fourth-order valence-electron chi connectivity index (χ4n) is 6.24. The van der Waals surface area contributed by atoms with Gasteiger partial charge in [-0.15, -0.1) is 5.10 Å². The molecule has 1 unspecified atom stereocenters. The van der Waals surface area contributed by atoms with Gasteiger partial charge >= 0.3 is 0 Å². The first-order chi connectivity index (χ1) is 14.2. The summed E-state index contributed by atoms with van der Waals surface area (Å²) in [6.45, 7) is 4.51. The molecule has 5 heteroatoms. The molecule has 156 valence electrons. The van der Waals surface area contributed by atoms with Gasteiger partial charge in [0.1, 0.15) is 0 Å². The highest BCUT2D eigenvalue weighted by Crippen LogP contribution is 2.46. The third-order valence-corrected chi connectivity index (χ3v) is 7.80. The monoisotopic (exact) mass is 393 g/mol. The second-order valence-corrected chi connectivity index (χ2v) is 9.87. The van der Waals surface area contributed by atoms with E-state index in [4.69, 9.17) is 0 Å². The highest BCUT2D eigenvalue weighted by atomic mass is 15.6. The summed E-state index contributed by atoms with van der Waals surface area (Å²) >= 11 is 0. The molecule has 0 bridgehead atoms. The Kier molecular flexibility index (Phi) is 5.42. The van der Waals surface area contributed by atoms with Gasteiger partial charge in [-0.25, -0.2) is 4.68 Å². The lowest BCUT2D eigenvalue weighted by molar-refractivity contribution is 0.0338. The van der Waals surface area contributed by atoms with Crippen LogP contribution in [-0.2, 0) is 0 Å². The lowest BCUT2D eigenvalue weighted by Gasteiger charge is -2.47. The molecule has 3 fully saturated rings. The number of piperidine rings is 1. The van der Waals surface area contributed by atoms with Crippen molar-refractivity contribution in [3.05, 3.63) is 41.2 Å². The molecule has 1 saturated heterocycles. The van der Waals surface area contributed by atoms with Gasteiger partial charge < -0.3 is 0 Å². The van der Waals surface area contributed by atoms with Crippen molar-refractivity contribution < 1.29 is 0 Å². The molecule has 1 atom stereocenters. The number of benzene rings is 1. The second-order valence-electron chi connectivity index (χ2n) is 9.87. The van der Waals surface area contributed by atoms with E-state index in [0.717, 1.165) is 12.4 Å². The first-order valence-electron chi connectivity index (χ1n) is 11.8. The minimum Gasteiger partial charge on any atom is -0.289 e. The van der Waals surface area contributed by atoms with Crippen molar-refractivity contribution in [1.29, 1.82) is 0 Å². The number of hydrogen-bond acceptors (Lipinski definition) is 4. The number of aromatic nitrogens is 4. The molecule has 0 N–H and O–H groups in total. The van der Waals surface area contributed by atoms with Gasteiger partial charge in [-0.3, -0.25) is 4.90 Å². The molecule has 1 aromatic heterocycles. The maximum Gasteiger partial charge on any atom is 0.173 e. The summed E-state index contributed by atoms with van der Waals surface area (Å²) in [4.78, 5) is 2.72. The summed E-state index contributed by atoms with van der Waals surface area (Å²) in [5.74, 6) is 1.06. The zero-order valence-corrected chi connectivity index (χ0v) is 17.9. The molecule has 2 saturated carbocycles. The molecule has 5 rings (SSSR count). The molecular formula is C24H35N5. The lowest BCUT2D eigenvalue weighted by atomic mass is 9.69. The Labute approximate surface area is 174 Å². The van der Waals surface area contributed by atoms with Gasteiger partial charge in [0.2, 0.25) is 0 Å². The first kappa shape index (κ1) is 19.2. The van der Waals surface area contributed by atoms with Crippen LogP contribution in [0.2, 0.25) is 0 Å². The molecule has 0 amide bonds. The van der Waals surface area contributed by atoms with E-state index in [2.05, 4.69) is 56.3 Å². The van der Waals surface area contributed by atoms with Crippen LogP contribution in [0.5, 0.6) is 0 Å². The van der Waals surface area contributed by atoms with Crippen molar-refractivity contribution in [3.8, 4) is 0 Å². The Morgan fingerprint density at radius 3 is 2.41 bits per heavy atom. The molecule has 1 aliphatic heterocycles. The predicted molar refractivity (Wildman–Crippen MR) is 115 cm³/mol. The van der Waals surface area contributed by atoms with E-state index in [1.807, 2.05) is 0 Å².